The molecule has 1 atom stereocenters. The Kier molecular flexibility index (Phi) is 8.34. The van der Waals surface area contributed by atoms with Crippen molar-refractivity contribution in [1.29, 1.82) is 0 Å². The minimum Gasteiger partial charge on any atom is -0.489 e. The van der Waals surface area contributed by atoms with Crippen LogP contribution in [0.2, 0.25) is 0 Å². The summed E-state index contributed by atoms with van der Waals surface area (Å²) in [6.07, 6.45) is 2.68. The molecule has 10 heteroatoms. The van der Waals surface area contributed by atoms with Crippen LogP contribution in [0.5, 0.6) is 5.75 Å². The fourth-order valence-electron chi connectivity index (χ4n) is 3.64. The summed E-state index contributed by atoms with van der Waals surface area (Å²) in [7, 11) is -4.05. The topological polar surface area (TPSA) is 128 Å². The van der Waals surface area contributed by atoms with Gasteiger partial charge in [0.2, 0.25) is 15.9 Å². The molecule has 1 amide bonds. The third kappa shape index (κ3) is 6.82. The van der Waals surface area contributed by atoms with Crippen molar-refractivity contribution in [3.63, 3.8) is 0 Å². The zero-order valence-corrected chi connectivity index (χ0v) is 21.2. The van der Waals surface area contributed by atoms with Crippen molar-refractivity contribution in [2.45, 2.75) is 37.6 Å². The van der Waals surface area contributed by atoms with Crippen LogP contribution >= 0.6 is 0 Å². The molecule has 0 fully saturated rings. The zero-order valence-electron chi connectivity index (χ0n) is 20.4. The second kappa shape index (κ2) is 11.8. The van der Waals surface area contributed by atoms with Crippen LogP contribution < -0.4 is 20.5 Å². The van der Waals surface area contributed by atoms with Gasteiger partial charge >= 0.3 is 0 Å². The lowest BCUT2D eigenvalue weighted by atomic mass is 10.1. The summed E-state index contributed by atoms with van der Waals surface area (Å²) in [6, 6.07) is 22.3. The zero-order chi connectivity index (χ0) is 26.3. The summed E-state index contributed by atoms with van der Waals surface area (Å²) in [6.45, 7) is 3.06. The van der Waals surface area contributed by atoms with E-state index in [0.29, 0.717) is 36.7 Å². The number of ether oxygens (including phenoxy) is 1. The molecule has 37 heavy (non-hydrogen) atoms. The van der Waals surface area contributed by atoms with Crippen LogP contribution in [-0.2, 0) is 34.5 Å². The first-order chi connectivity index (χ1) is 17.9. The normalized spacial score (nSPS) is 12.2. The molecule has 4 N–H and O–H groups in total. The summed E-state index contributed by atoms with van der Waals surface area (Å²) >= 11 is 0. The number of nitrogens with one attached hydrogen (secondary N) is 2. The van der Waals surface area contributed by atoms with Crippen molar-refractivity contribution in [3.05, 3.63) is 108 Å². The molecule has 192 valence electrons. The average Bonchev–Trinajstić information content (AvgIpc) is 3.42. The molecule has 0 aliphatic carbocycles. The fourth-order valence-corrected chi connectivity index (χ4v) is 4.78. The SMILES string of the molecule is CCn1cc(S(=O)(=O)N[C@@H](C(=O)Nc2cccc(CN)c2)c2ccc(OCc3ccccc3)cc2)cn1. The van der Waals surface area contributed by atoms with Gasteiger partial charge in [0.15, 0.2) is 0 Å². The Bertz CT molecular complexity index is 1440. The van der Waals surface area contributed by atoms with Crippen molar-refractivity contribution in [1.82, 2.24) is 14.5 Å². The van der Waals surface area contributed by atoms with Crippen LogP contribution in [0.1, 0.15) is 29.7 Å². The monoisotopic (exact) mass is 519 g/mol. The molecule has 1 heterocycles. The number of carbonyl (C=O) groups is 1. The van der Waals surface area contributed by atoms with Gasteiger partial charge in [0.05, 0.1) is 6.20 Å². The van der Waals surface area contributed by atoms with Gasteiger partial charge in [-0.1, -0.05) is 54.6 Å². The van der Waals surface area contributed by atoms with Gasteiger partial charge in [-0.3, -0.25) is 9.48 Å². The summed E-state index contributed by atoms with van der Waals surface area (Å²) in [5.74, 6) is 0.0491. The first-order valence-corrected chi connectivity index (χ1v) is 13.3. The number of hydrogen-bond donors (Lipinski definition) is 3. The number of rotatable bonds is 11. The molecular formula is C27H29N5O4S. The Labute approximate surface area is 216 Å². The third-order valence-corrected chi connectivity index (χ3v) is 7.05. The largest absolute Gasteiger partial charge is 0.489 e. The molecule has 1 aromatic heterocycles. The first-order valence-electron chi connectivity index (χ1n) is 11.8. The number of anilines is 1. The second-order valence-electron chi connectivity index (χ2n) is 8.32. The van der Waals surface area contributed by atoms with Gasteiger partial charge < -0.3 is 15.8 Å². The number of aromatic nitrogens is 2. The molecule has 0 aliphatic rings. The Hall–Kier alpha value is -3.99. The predicted octanol–water partition coefficient (Wildman–Crippen LogP) is 3.60. The molecule has 0 saturated heterocycles. The molecule has 0 unspecified atom stereocenters. The molecule has 0 bridgehead atoms. The maximum atomic E-state index is 13.4. The van der Waals surface area contributed by atoms with Gasteiger partial charge in [-0.15, -0.1) is 0 Å². The van der Waals surface area contributed by atoms with E-state index in [0.717, 1.165) is 11.1 Å². The molecular weight excluding hydrogens is 490 g/mol. The third-order valence-electron chi connectivity index (χ3n) is 5.67. The molecule has 4 rings (SSSR count). The first kappa shape index (κ1) is 26.1. The highest BCUT2D eigenvalue weighted by atomic mass is 32.2. The summed E-state index contributed by atoms with van der Waals surface area (Å²) in [4.78, 5) is 13.3. The average molecular weight is 520 g/mol. The number of sulfonamides is 1. The Morgan fingerprint density at radius 1 is 1.03 bits per heavy atom. The lowest BCUT2D eigenvalue weighted by Gasteiger charge is -2.19. The van der Waals surface area contributed by atoms with Gasteiger partial charge in [0.1, 0.15) is 23.3 Å². The number of carbonyl (C=O) groups excluding carboxylic acids is 1. The van der Waals surface area contributed by atoms with E-state index < -0.39 is 22.0 Å². The van der Waals surface area contributed by atoms with Crippen LogP contribution in [0, 0.1) is 0 Å². The van der Waals surface area contributed by atoms with Crippen molar-refractivity contribution >= 4 is 21.6 Å². The van der Waals surface area contributed by atoms with Crippen molar-refractivity contribution in [3.8, 4) is 5.75 Å². The van der Waals surface area contributed by atoms with Crippen LogP contribution in [0.3, 0.4) is 0 Å². The highest BCUT2D eigenvalue weighted by Gasteiger charge is 2.28. The molecule has 0 aliphatic heterocycles. The van der Waals surface area contributed by atoms with Crippen molar-refractivity contribution in [2.75, 3.05) is 5.32 Å². The van der Waals surface area contributed by atoms with Gasteiger partial charge in [0.25, 0.3) is 0 Å². The quantitative estimate of drug-likeness (QED) is 0.278. The molecule has 0 saturated carbocycles. The van der Waals surface area contributed by atoms with Crippen LogP contribution in [0.15, 0.2) is 96.2 Å². The van der Waals surface area contributed by atoms with Gasteiger partial charge in [0, 0.05) is 25.0 Å². The molecule has 9 nitrogen and oxygen atoms in total. The Morgan fingerprint density at radius 3 is 2.43 bits per heavy atom. The number of aryl methyl sites for hydroxylation is 1. The van der Waals surface area contributed by atoms with E-state index in [1.54, 1.807) is 42.5 Å². The minimum atomic E-state index is -4.05. The van der Waals surface area contributed by atoms with E-state index in [4.69, 9.17) is 10.5 Å². The summed E-state index contributed by atoms with van der Waals surface area (Å²) in [5.41, 5.74) is 8.53. The highest BCUT2D eigenvalue weighted by molar-refractivity contribution is 7.89. The predicted molar refractivity (Wildman–Crippen MR) is 141 cm³/mol. The van der Waals surface area contributed by atoms with E-state index in [1.165, 1.54) is 17.1 Å². The maximum absolute atomic E-state index is 13.4. The van der Waals surface area contributed by atoms with Gasteiger partial charge in [-0.25, -0.2) is 8.42 Å². The standard InChI is InChI=1S/C27H29N5O4S/c1-2-32-18-25(17-29-32)37(34,35)31-26(27(33)30-23-10-6-9-21(15-23)16-28)22-11-13-24(14-12-22)36-19-20-7-4-3-5-8-20/h3-15,17-18,26,31H,2,16,19,28H2,1H3,(H,30,33)/t26-/m1/s1. The number of benzene rings is 3. The Morgan fingerprint density at radius 2 is 1.76 bits per heavy atom. The van der Waals surface area contributed by atoms with Crippen LogP contribution in [0.25, 0.3) is 0 Å². The van der Waals surface area contributed by atoms with E-state index in [9.17, 15) is 13.2 Å². The van der Waals surface area contributed by atoms with E-state index in [2.05, 4.69) is 15.1 Å². The summed E-state index contributed by atoms with van der Waals surface area (Å²) < 4.78 is 36.1. The second-order valence-corrected chi connectivity index (χ2v) is 10.0. The molecule has 0 spiro atoms. The van der Waals surface area contributed by atoms with Gasteiger partial charge in [-0.05, 0) is 47.9 Å². The van der Waals surface area contributed by atoms with Crippen molar-refractivity contribution < 1.29 is 17.9 Å². The summed E-state index contributed by atoms with van der Waals surface area (Å²) in [5, 5.41) is 6.83. The lowest BCUT2D eigenvalue weighted by molar-refractivity contribution is -0.117. The number of nitrogens with two attached hydrogens (primary N) is 1. The van der Waals surface area contributed by atoms with Crippen LogP contribution in [0.4, 0.5) is 5.69 Å². The minimum absolute atomic E-state index is 0.0277. The van der Waals surface area contributed by atoms with Crippen LogP contribution in [-0.4, -0.2) is 24.1 Å². The highest BCUT2D eigenvalue weighted by Crippen LogP contribution is 2.23. The van der Waals surface area contributed by atoms with E-state index in [-0.39, 0.29) is 4.90 Å². The molecule has 4 aromatic rings. The fraction of sp³-hybridized carbons (Fsp3) is 0.185. The smallest absolute Gasteiger partial charge is 0.247 e. The number of amides is 1. The van der Waals surface area contributed by atoms with Crippen molar-refractivity contribution in [2.24, 2.45) is 5.73 Å². The van der Waals surface area contributed by atoms with E-state index in [1.807, 2.05) is 43.3 Å². The molecule has 0 radical (unpaired) electrons. The Balaban J connectivity index is 1.57. The molecule has 3 aromatic carbocycles. The van der Waals surface area contributed by atoms with Gasteiger partial charge in [-0.2, -0.15) is 9.82 Å². The lowest BCUT2D eigenvalue weighted by Crippen LogP contribution is -2.37. The maximum Gasteiger partial charge on any atom is 0.247 e. The number of hydrogen-bond acceptors (Lipinski definition) is 6. The van der Waals surface area contributed by atoms with E-state index >= 15 is 0 Å². The number of nitrogens with zero attached hydrogens (tertiary/aromatic N) is 2.